The smallest absolute Gasteiger partial charge is 0.297 e. The second-order valence-electron chi connectivity index (χ2n) is 6.19. The van der Waals surface area contributed by atoms with Crippen LogP contribution in [0.4, 0.5) is 0 Å². The Morgan fingerprint density at radius 3 is 2.56 bits per heavy atom. The Labute approximate surface area is 155 Å². The molecule has 0 spiro atoms. The van der Waals surface area contributed by atoms with E-state index >= 15 is 0 Å². The summed E-state index contributed by atoms with van der Waals surface area (Å²) in [7, 11) is 3.01. The molecule has 2 aromatic rings. The molecular weight excluding hydrogens is 364 g/mol. The first kappa shape index (κ1) is 19.1. The molecule has 25 heavy (non-hydrogen) atoms. The van der Waals surface area contributed by atoms with Gasteiger partial charge < -0.3 is 9.47 Å². The minimum Gasteiger partial charge on any atom is -0.493 e. The van der Waals surface area contributed by atoms with Crippen molar-refractivity contribution in [2.75, 3.05) is 14.2 Å². The van der Waals surface area contributed by atoms with Crippen molar-refractivity contribution in [2.45, 2.75) is 26.2 Å². The van der Waals surface area contributed by atoms with Crippen molar-refractivity contribution in [3.8, 4) is 11.5 Å². The van der Waals surface area contributed by atoms with Crippen molar-refractivity contribution >= 4 is 30.0 Å². The molecule has 134 valence electrons. The highest BCUT2D eigenvalue weighted by Crippen LogP contribution is 2.36. The summed E-state index contributed by atoms with van der Waals surface area (Å²) in [6.07, 6.45) is 1.43. The molecule has 0 aliphatic carbocycles. The van der Waals surface area contributed by atoms with Crippen molar-refractivity contribution < 1.29 is 9.47 Å². The molecule has 0 atom stereocenters. The molecule has 1 aromatic heterocycles. The number of nitrogens with one attached hydrogen (secondary N) is 1. The molecule has 9 heteroatoms. The number of hydrogen-bond acceptors (Lipinski definition) is 6. The summed E-state index contributed by atoms with van der Waals surface area (Å²) in [6.45, 7) is 5.65. The van der Waals surface area contributed by atoms with Crippen LogP contribution < -0.4 is 15.0 Å². The number of ether oxygens (including phenoxy) is 2. The zero-order valence-corrected chi connectivity index (χ0v) is 16.2. The largest absolute Gasteiger partial charge is 0.493 e. The maximum Gasteiger partial charge on any atom is 0.297 e. The predicted octanol–water partition coefficient (Wildman–Crippen LogP) is 3.15. The average molecular weight is 383 g/mol. The van der Waals surface area contributed by atoms with Crippen LogP contribution in [0.2, 0.25) is 5.02 Å². The Bertz CT molecular complexity index is 928. The topological polar surface area (TPSA) is 81.5 Å². The Kier molecular flexibility index (Phi) is 5.64. The summed E-state index contributed by atoms with van der Waals surface area (Å²) in [5.41, 5.74) is 0.0463. The first-order valence-electron chi connectivity index (χ1n) is 7.37. The van der Waals surface area contributed by atoms with Gasteiger partial charge in [-0.05, 0) is 24.4 Å². The fraction of sp³-hybridized carbons (Fsp3) is 0.375. The fourth-order valence-corrected chi connectivity index (χ4v) is 2.57. The van der Waals surface area contributed by atoms with Crippen molar-refractivity contribution in [2.24, 2.45) is 5.10 Å². The highest BCUT2D eigenvalue weighted by molar-refractivity contribution is 7.71. The molecular formula is C16H19ClN4O3S. The number of H-pyrrole nitrogens is 1. The molecule has 0 amide bonds. The second-order valence-corrected chi connectivity index (χ2v) is 6.96. The van der Waals surface area contributed by atoms with Gasteiger partial charge in [0.25, 0.3) is 5.56 Å². The number of nitrogens with zero attached hydrogens (tertiary/aromatic N) is 3. The Hall–Kier alpha value is -2.19. The molecule has 0 fully saturated rings. The van der Waals surface area contributed by atoms with E-state index in [4.69, 9.17) is 33.3 Å². The summed E-state index contributed by atoms with van der Waals surface area (Å²) in [4.78, 5) is 12.6. The van der Waals surface area contributed by atoms with Gasteiger partial charge in [-0.1, -0.05) is 32.4 Å². The van der Waals surface area contributed by atoms with E-state index in [1.807, 2.05) is 20.8 Å². The number of halogens is 1. The van der Waals surface area contributed by atoms with E-state index in [0.29, 0.717) is 27.8 Å². The van der Waals surface area contributed by atoms with Gasteiger partial charge in [-0.25, -0.2) is 0 Å². The van der Waals surface area contributed by atoms with Crippen LogP contribution in [0.3, 0.4) is 0 Å². The highest BCUT2D eigenvalue weighted by atomic mass is 35.5. The lowest BCUT2D eigenvalue weighted by Crippen LogP contribution is -2.32. The van der Waals surface area contributed by atoms with Crippen molar-refractivity contribution in [1.29, 1.82) is 0 Å². The summed E-state index contributed by atoms with van der Waals surface area (Å²) in [6, 6.07) is 3.40. The third kappa shape index (κ3) is 3.91. The van der Waals surface area contributed by atoms with Crippen LogP contribution in [0.25, 0.3) is 0 Å². The van der Waals surface area contributed by atoms with Crippen molar-refractivity contribution in [3.05, 3.63) is 43.5 Å². The SMILES string of the molecule is COc1ccc(/C=N\n2c(=S)[nH]nc(C(C)(C)C)c2=O)c(Cl)c1OC. The molecule has 1 heterocycles. The third-order valence-corrected chi connectivity index (χ3v) is 4.04. The molecule has 0 radical (unpaired) electrons. The van der Waals surface area contributed by atoms with Crippen molar-refractivity contribution in [1.82, 2.24) is 14.9 Å². The molecule has 2 rings (SSSR count). The van der Waals surface area contributed by atoms with Crippen LogP contribution in [-0.2, 0) is 5.41 Å². The lowest BCUT2D eigenvalue weighted by Gasteiger charge is -2.16. The maximum absolute atomic E-state index is 12.6. The maximum atomic E-state index is 12.6. The molecule has 0 bridgehead atoms. The molecule has 0 aliphatic rings. The lowest BCUT2D eigenvalue weighted by atomic mass is 9.93. The minimum absolute atomic E-state index is 0.0887. The predicted molar refractivity (Wildman–Crippen MR) is 99.9 cm³/mol. The first-order valence-corrected chi connectivity index (χ1v) is 8.16. The molecule has 0 unspecified atom stereocenters. The molecule has 0 saturated heterocycles. The number of benzene rings is 1. The molecule has 1 aromatic carbocycles. The number of rotatable bonds is 4. The van der Waals surface area contributed by atoms with Gasteiger partial charge in [-0.3, -0.25) is 9.89 Å². The number of aromatic amines is 1. The van der Waals surface area contributed by atoms with Gasteiger partial charge in [0.2, 0.25) is 4.77 Å². The first-order chi connectivity index (χ1) is 11.7. The third-order valence-electron chi connectivity index (χ3n) is 3.39. The summed E-state index contributed by atoms with van der Waals surface area (Å²) < 4.78 is 11.6. The fourth-order valence-electron chi connectivity index (χ4n) is 2.11. The van der Waals surface area contributed by atoms with Crippen LogP contribution in [-0.4, -0.2) is 35.3 Å². The summed E-state index contributed by atoms with van der Waals surface area (Å²) in [5, 5.41) is 11.2. The van der Waals surface area contributed by atoms with Gasteiger partial charge in [-0.15, -0.1) is 0 Å². The van der Waals surface area contributed by atoms with E-state index in [2.05, 4.69) is 15.3 Å². The monoisotopic (exact) mass is 382 g/mol. The zero-order chi connectivity index (χ0) is 18.8. The summed E-state index contributed by atoms with van der Waals surface area (Å²) >= 11 is 11.4. The molecule has 1 N–H and O–H groups in total. The van der Waals surface area contributed by atoms with Gasteiger partial charge in [0.05, 0.1) is 25.5 Å². The second kappa shape index (κ2) is 7.37. The summed E-state index contributed by atoms with van der Waals surface area (Å²) in [5.74, 6) is 0.883. The number of methoxy groups -OCH3 is 2. The highest BCUT2D eigenvalue weighted by Gasteiger charge is 2.21. The van der Waals surface area contributed by atoms with Crippen LogP contribution >= 0.6 is 23.8 Å². The van der Waals surface area contributed by atoms with E-state index in [-0.39, 0.29) is 10.3 Å². The van der Waals surface area contributed by atoms with Crippen LogP contribution in [0.5, 0.6) is 11.5 Å². The molecule has 0 aliphatic heterocycles. The van der Waals surface area contributed by atoms with E-state index in [1.165, 1.54) is 20.4 Å². The van der Waals surface area contributed by atoms with Crippen LogP contribution in [0, 0.1) is 4.77 Å². The van der Waals surface area contributed by atoms with E-state index in [0.717, 1.165) is 4.68 Å². The van der Waals surface area contributed by atoms with E-state index < -0.39 is 5.41 Å². The standard InChI is InChI=1S/C16H19ClN4O3S/c1-16(2,3)13-14(22)21(15(25)20-19-13)18-8-9-6-7-10(23-4)12(24-5)11(9)17/h6-8H,1-5H3,(H,20,25)/b18-8-. The lowest BCUT2D eigenvalue weighted by molar-refractivity contribution is 0.355. The Balaban J connectivity index is 2.55. The molecule has 7 nitrogen and oxygen atoms in total. The number of aromatic nitrogens is 3. The van der Waals surface area contributed by atoms with Gasteiger partial charge in [0.15, 0.2) is 11.5 Å². The van der Waals surface area contributed by atoms with Gasteiger partial charge in [0, 0.05) is 11.0 Å². The van der Waals surface area contributed by atoms with Crippen LogP contribution in [0.15, 0.2) is 22.0 Å². The normalized spacial score (nSPS) is 11.8. The van der Waals surface area contributed by atoms with E-state index in [9.17, 15) is 4.79 Å². The van der Waals surface area contributed by atoms with Crippen LogP contribution in [0.1, 0.15) is 32.0 Å². The Morgan fingerprint density at radius 2 is 2.00 bits per heavy atom. The van der Waals surface area contributed by atoms with Gasteiger partial charge in [-0.2, -0.15) is 14.9 Å². The van der Waals surface area contributed by atoms with Gasteiger partial charge in [0.1, 0.15) is 5.69 Å². The number of hydrogen-bond donors (Lipinski definition) is 1. The average Bonchev–Trinajstić information content (AvgIpc) is 2.54. The Morgan fingerprint density at radius 1 is 1.32 bits per heavy atom. The van der Waals surface area contributed by atoms with Gasteiger partial charge >= 0.3 is 0 Å². The molecule has 0 saturated carbocycles. The van der Waals surface area contributed by atoms with E-state index in [1.54, 1.807) is 12.1 Å². The quantitative estimate of drug-likeness (QED) is 0.648. The zero-order valence-electron chi connectivity index (χ0n) is 14.6. The minimum atomic E-state index is -0.450. The van der Waals surface area contributed by atoms with Crippen molar-refractivity contribution in [3.63, 3.8) is 0 Å².